The van der Waals surface area contributed by atoms with Gasteiger partial charge in [-0.15, -0.1) is 0 Å². The summed E-state index contributed by atoms with van der Waals surface area (Å²) in [6, 6.07) is 17.3. The molecule has 0 bridgehead atoms. The highest BCUT2D eigenvalue weighted by Crippen LogP contribution is 2.28. The normalized spacial score (nSPS) is 14.7. The number of aromatic amines is 1. The van der Waals surface area contributed by atoms with E-state index >= 15 is 0 Å². The average molecular weight is 364 g/mol. The van der Waals surface area contributed by atoms with Crippen molar-refractivity contribution in [2.24, 2.45) is 0 Å². The van der Waals surface area contributed by atoms with E-state index in [0.29, 0.717) is 6.04 Å². The fourth-order valence-corrected chi connectivity index (χ4v) is 4.25. The van der Waals surface area contributed by atoms with Gasteiger partial charge in [-0.1, -0.05) is 49.2 Å². The van der Waals surface area contributed by atoms with Crippen molar-refractivity contribution < 1.29 is 0 Å². The van der Waals surface area contributed by atoms with Crippen LogP contribution in [0, 0.1) is 6.92 Å². The Balaban J connectivity index is 1.60. The molecule has 26 heavy (non-hydrogen) atoms. The molecular weight excluding hydrogens is 338 g/mol. The van der Waals surface area contributed by atoms with Crippen LogP contribution in [-0.4, -0.2) is 21.0 Å². The molecule has 0 saturated heterocycles. The number of para-hydroxylation sites is 2. The van der Waals surface area contributed by atoms with Gasteiger partial charge in [0.05, 0.1) is 0 Å². The van der Waals surface area contributed by atoms with Crippen molar-refractivity contribution in [3.05, 3.63) is 65.9 Å². The largest absolute Gasteiger partial charge is 0.361 e. The van der Waals surface area contributed by atoms with E-state index in [1.54, 1.807) is 0 Å². The number of anilines is 1. The Hall–Kier alpha value is -2.33. The molecule has 1 saturated carbocycles. The van der Waals surface area contributed by atoms with Crippen LogP contribution in [0.3, 0.4) is 0 Å². The van der Waals surface area contributed by atoms with E-state index in [4.69, 9.17) is 12.2 Å². The number of hydrogen-bond donors (Lipinski definition) is 2. The molecule has 1 aliphatic rings. The van der Waals surface area contributed by atoms with Crippen molar-refractivity contribution in [1.29, 1.82) is 0 Å². The summed E-state index contributed by atoms with van der Waals surface area (Å²) in [5.41, 5.74) is 4.81. The molecule has 0 radical (unpaired) electrons. The first-order valence-corrected chi connectivity index (χ1v) is 9.81. The zero-order valence-electron chi connectivity index (χ0n) is 15.2. The topological polar surface area (TPSA) is 31.1 Å². The molecule has 2 aromatic carbocycles. The standard InChI is InChI=1S/C22H25N3S/c1-16-8-2-6-12-20(16)24-22(26)25(18-9-3-4-10-18)15-17-14-23-21-13-7-5-11-19(17)21/h2,5-8,11-14,18,23H,3-4,9-10,15H2,1H3,(H,24,26). The number of aromatic nitrogens is 1. The molecule has 1 aromatic heterocycles. The summed E-state index contributed by atoms with van der Waals surface area (Å²) >= 11 is 5.85. The van der Waals surface area contributed by atoms with Gasteiger partial charge in [0.2, 0.25) is 0 Å². The number of H-pyrrole nitrogens is 1. The number of fused-ring (bicyclic) bond motifs is 1. The lowest BCUT2D eigenvalue weighted by Crippen LogP contribution is -2.41. The Labute approximate surface area is 160 Å². The van der Waals surface area contributed by atoms with Crippen molar-refractivity contribution in [2.45, 2.75) is 45.2 Å². The quantitative estimate of drug-likeness (QED) is 0.590. The number of aryl methyl sites for hydroxylation is 1. The zero-order valence-corrected chi connectivity index (χ0v) is 16.0. The number of nitrogens with one attached hydrogen (secondary N) is 2. The second-order valence-electron chi connectivity index (χ2n) is 7.17. The van der Waals surface area contributed by atoms with Crippen LogP contribution in [0.25, 0.3) is 10.9 Å². The molecule has 134 valence electrons. The van der Waals surface area contributed by atoms with Gasteiger partial charge < -0.3 is 15.2 Å². The van der Waals surface area contributed by atoms with Crippen LogP contribution in [0.5, 0.6) is 0 Å². The Bertz CT molecular complexity index is 908. The minimum absolute atomic E-state index is 0.521. The van der Waals surface area contributed by atoms with E-state index in [0.717, 1.165) is 17.3 Å². The highest BCUT2D eigenvalue weighted by atomic mass is 32.1. The van der Waals surface area contributed by atoms with Crippen molar-refractivity contribution in [1.82, 2.24) is 9.88 Å². The predicted octanol–water partition coefficient (Wildman–Crippen LogP) is 5.62. The smallest absolute Gasteiger partial charge is 0.173 e. The van der Waals surface area contributed by atoms with Crippen LogP contribution in [-0.2, 0) is 6.54 Å². The maximum absolute atomic E-state index is 5.85. The Morgan fingerprint density at radius 1 is 1.12 bits per heavy atom. The second-order valence-corrected chi connectivity index (χ2v) is 7.56. The van der Waals surface area contributed by atoms with E-state index in [2.05, 4.69) is 76.9 Å². The van der Waals surface area contributed by atoms with E-state index in [1.807, 2.05) is 0 Å². The molecule has 1 fully saturated rings. The molecule has 0 unspecified atom stereocenters. The summed E-state index contributed by atoms with van der Waals surface area (Å²) in [5, 5.41) is 5.61. The van der Waals surface area contributed by atoms with E-state index < -0.39 is 0 Å². The number of hydrogen-bond acceptors (Lipinski definition) is 1. The van der Waals surface area contributed by atoms with Gasteiger partial charge >= 0.3 is 0 Å². The first-order valence-electron chi connectivity index (χ1n) is 9.40. The van der Waals surface area contributed by atoms with Gasteiger partial charge in [0.15, 0.2) is 5.11 Å². The van der Waals surface area contributed by atoms with Crippen molar-refractivity contribution in [3.8, 4) is 0 Å². The number of rotatable bonds is 4. The minimum Gasteiger partial charge on any atom is -0.361 e. The van der Waals surface area contributed by atoms with Gasteiger partial charge in [0.1, 0.15) is 0 Å². The Morgan fingerprint density at radius 2 is 1.85 bits per heavy atom. The third-order valence-corrected chi connectivity index (χ3v) is 5.77. The maximum atomic E-state index is 5.85. The molecule has 3 aromatic rings. The average Bonchev–Trinajstić information content (AvgIpc) is 3.31. The summed E-state index contributed by atoms with van der Waals surface area (Å²) in [4.78, 5) is 5.78. The van der Waals surface area contributed by atoms with Gasteiger partial charge in [0.25, 0.3) is 0 Å². The molecule has 0 spiro atoms. The molecule has 1 aliphatic carbocycles. The molecular formula is C22H25N3S. The predicted molar refractivity (Wildman–Crippen MR) is 113 cm³/mol. The van der Waals surface area contributed by atoms with Crippen LogP contribution < -0.4 is 5.32 Å². The third-order valence-electron chi connectivity index (χ3n) is 5.43. The maximum Gasteiger partial charge on any atom is 0.173 e. The highest BCUT2D eigenvalue weighted by molar-refractivity contribution is 7.80. The summed E-state index contributed by atoms with van der Waals surface area (Å²) in [6.45, 7) is 2.96. The summed E-state index contributed by atoms with van der Waals surface area (Å²) in [7, 11) is 0. The van der Waals surface area contributed by atoms with Gasteiger partial charge in [0, 0.05) is 35.4 Å². The van der Waals surface area contributed by atoms with Crippen molar-refractivity contribution >= 4 is 33.9 Å². The number of nitrogens with zero attached hydrogens (tertiary/aromatic N) is 1. The number of benzene rings is 2. The molecule has 0 amide bonds. The SMILES string of the molecule is Cc1ccccc1NC(=S)N(Cc1c[nH]c2ccccc12)C1CCCC1. The lowest BCUT2D eigenvalue weighted by molar-refractivity contribution is 0.313. The summed E-state index contributed by atoms with van der Waals surface area (Å²) in [6.07, 6.45) is 7.16. The molecule has 2 N–H and O–H groups in total. The lowest BCUT2D eigenvalue weighted by atomic mass is 10.1. The fraction of sp³-hybridized carbons (Fsp3) is 0.318. The fourth-order valence-electron chi connectivity index (χ4n) is 3.93. The van der Waals surface area contributed by atoms with Gasteiger partial charge in [-0.2, -0.15) is 0 Å². The molecule has 0 atom stereocenters. The van der Waals surface area contributed by atoms with E-state index in [1.165, 1.54) is 47.7 Å². The van der Waals surface area contributed by atoms with Crippen LogP contribution in [0.2, 0.25) is 0 Å². The molecule has 4 heteroatoms. The zero-order chi connectivity index (χ0) is 17.9. The van der Waals surface area contributed by atoms with Crippen LogP contribution in [0.1, 0.15) is 36.8 Å². The van der Waals surface area contributed by atoms with Gasteiger partial charge in [-0.3, -0.25) is 0 Å². The van der Waals surface area contributed by atoms with Crippen molar-refractivity contribution in [3.63, 3.8) is 0 Å². The first kappa shape index (κ1) is 17.1. The van der Waals surface area contributed by atoms with Crippen molar-refractivity contribution in [2.75, 3.05) is 5.32 Å². The van der Waals surface area contributed by atoms with Crippen LogP contribution in [0.15, 0.2) is 54.7 Å². The van der Waals surface area contributed by atoms with Crippen LogP contribution in [0.4, 0.5) is 5.69 Å². The molecule has 3 nitrogen and oxygen atoms in total. The summed E-state index contributed by atoms with van der Waals surface area (Å²) < 4.78 is 0. The molecule has 0 aliphatic heterocycles. The molecule has 4 rings (SSSR count). The Kier molecular flexibility index (Phi) is 4.93. The van der Waals surface area contributed by atoms with Gasteiger partial charge in [-0.05, 0) is 55.2 Å². The number of thiocarbonyl (C=S) groups is 1. The summed E-state index contributed by atoms with van der Waals surface area (Å²) in [5.74, 6) is 0. The highest BCUT2D eigenvalue weighted by Gasteiger charge is 2.25. The Morgan fingerprint density at radius 3 is 2.65 bits per heavy atom. The minimum atomic E-state index is 0.521. The second kappa shape index (κ2) is 7.50. The lowest BCUT2D eigenvalue weighted by Gasteiger charge is -2.32. The molecule has 1 heterocycles. The third kappa shape index (κ3) is 3.47. The van der Waals surface area contributed by atoms with E-state index in [9.17, 15) is 0 Å². The van der Waals surface area contributed by atoms with E-state index in [-0.39, 0.29) is 0 Å². The van der Waals surface area contributed by atoms with Crippen LogP contribution >= 0.6 is 12.2 Å². The first-order chi connectivity index (χ1) is 12.7. The monoisotopic (exact) mass is 363 g/mol. The van der Waals surface area contributed by atoms with Gasteiger partial charge in [-0.25, -0.2) is 0 Å².